The maximum Gasteiger partial charge on any atom is 0.238 e. The summed E-state index contributed by atoms with van der Waals surface area (Å²) in [6, 6.07) is 27.1. The van der Waals surface area contributed by atoms with Gasteiger partial charge in [-0.1, -0.05) is 74.5 Å². The van der Waals surface area contributed by atoms with Gasteiger partial charge in [-0.25, -0.2) is 22.9 Å². The first-order valence-corrected chi connectivity index (χ1v) is 16.2. The van der Waals surface area contributed by atoms with Crippen molar-refractivity contribution in [2.75, 3.05) is 6.61 Å². The number of hydrogen-bond donors (Lipinski definition) is 1. The number of sulfonamides is 1. The Kier molecular flexibility index (Phi) is 9.75. The zero-order valence-electron chi connectivity index (χ0n) is 25.1. The van der Waals surface area contributed by atoms with E-state index >= 15 is 4.39 Å². The van der Waals surface area contributed by atoms with Gasteiger partial charge in [0.15, 0.2) is 18.1 Å². The molecule has 0 aliphatic rings. The minimum Gasteiger partial charge on any atom is -0.481 e. The van der Waals surface area contributed by atoms with Crippen LogP contribution in [-0.4, -0.2) is 30.4 Å². The first kappa shape index (κ1) is 31.6. The predicted octanol–water partition coefficient (Wildman–Crippen LogP) is 6.95. The number of carbonyl (C=O) groups excluding carboxylic acids is 1. The largest absolute Gasteiger partial charge is 0.481 e. The summed E-state index contributed by atoms with van der Waals surface area (Å²) >= 11 is 0. The van der Waals surface area contributed by atoms with E-state index in [0.717, 1.165) is 6.42 Å². The molecule has 0 amide bonds. The van der Waals surface area contributed by atoms with Crippen molar-refractivity contribution in [2.24, 2.45) is 5.14 Å². The average Bonchev–Trinajstić information content (AvgIpc) is 3.38. The molecule has 0 spiro atoms. The zero-order valence-corrected chi connectivity index (χ0v) is 25.9. The Hall–Kier alpha value is -4.80. The number of nitrogens with two attached hydrogens (primary N) is 1. The lowest BCUT2D eigenvalue weighted by atomic mass is 10.0. The Labute approximate surface area is 262 Å². The number of hydrogen-bond acceptors (Lipinski definition) is 6. The van der Waals surface area contributed by atoms with Crippen LogP contribution in [0.15, 0.2) is 102 Å². The smallest absolute Gasteiger partial charge is 0.238 e. The molecule has 0 saturated heterocycles. The number of Topliss-reactive ketones (excluding diaryl/α,β-unsaturated/α-hetero) is 1. The molecule has 0 bridgehead atoms. The summed E-state index contributed by atoms with van der Waals surface area (Å²) in [6.45, 7) is 3.71. The molecule has 0 atom stereocenters. The Morgan fingerprint density at radius 3 is 2.29 bits per heavy atom. The zero-order chi connectivity index (χ0) is 32.0. The molecule has 0 aliphatic heterocycles. The maximum absolute atomic E-state index is 15.6. The molecule has 0 fully saturated rings. The summed E-state index contributed by atoms with van der Waals surface area (Å²) in [5, 5.41) is 5.39. The lowest BCUT2D eigenvalue weighted by Crippen LogP contribution is -2.20. The van der Waals surface area contributed by atoms with Crippen molar-refractivity contribution >= 4 is 15.8 Å². The van der Waals surface area contributed by atoms with E-state index in [9.17, 15) is 13.2 Å². The Morgan fingerprint density at radius 2 is 1.60 bits per heavy atom. The number of primary sulfonamides is 1. The Balaban J connectivity index is 1.43. The number of carbonyl (C=O) groups is 1. The van der Waals surface area contributed by atoms with Crippen LogP contribution in [0.2, 0.25) is 0 Å². The highest BCUT2D eigenvalue weighted by Gasteiger charge is 2.24. The molecule has 0 radical (unpaired) electrons. The van der Waals surface area contributed by atoms with Gasteiger partial charge in [0.2, 0.25) is 15.8 Å². The predicted molar refractivity (Wildman–Crippen MR) is 171 cm³/mol. The SMILES string of the molecule is CCCc1nc(CC)c(C(=O)COc2ccccc2Oc2ccccc2)n1Cc1ccc(-c2ccccc2S(N)(=O)=O)cc1F. The molecule has 8 nitrogen and oxygen atoms in total. The van der Waals surface area contributed by atoms with Crippen LogP contribution in [0.1, 0.15) is 47.8 Å². The van der Waals surface area contributed by atoms with E-state index in [1.54, 1.807) is 53.1 Å². The monoisotopic (exact) mass is 627 g/mol. The fraction of sp³-hybridized carbons (Fsp3) is 0.200. The third-order valence-electron chi connectivity index (χ3n) is 7.26. The number of halogens is 1. The van der Waals surface area contributed by atoms with Crippen LogP contribution in [0.25, 0.3) is 11.1 Å². The summed E-state index contributed by atoms with van der Waals surface area (Å²) < 4.78 is 53.6. The second-order valence-corrected chi connectivity index (χ2v) is 12.0. The molecular formula is C35H34FN3O5S. The van der Waals surface area contributed by atoms with E-state index in [1.807, 2.05) is 50.2 Å². The molecule has 5 aromatic rings. The number of benzene rings is 4. The average molecular weight is 628 g/mol. The summed E-state index contributed by atoms with van der Waals surface area (Å²) in [7, 11) is -4.02. The number of ketones is 1. The van der Waals surface area contributed by atoms with Crippen molar-refractivity contribution in [1.82, 2.24) is 9.55 Å². The molecule has 0 unspecified atom stereocenters. The van der Waals surface area contributed by atoms with Gasteiger partial charge in [-0.15, -0.1) is 0 Å². The number of ether oxygens (including phenoxy) is 2. The normalized spacial score (nSPS) is 11.4. The highest BCUT2D eigenvalue weighted by atomic mass is 32.2. The van der Waals surface area contributed by atoms with E-state index in [2.05, 4.69) is 0 Å². The number of rotatable bonds is 13. The molecular weight excluding hydrogens is 593 g/mol. The Bertz CT molecular complexity index is 1920. The molecule has 45 heavy (non-hydrogen) atoms. The van der Waals surface area contributed by atoms with Crippen molar-refractivity contribution in [3.63, 3.8) is 0 Å². The fourth-order valence-electron chi connectivity index (χ4n) is 5.14. The van der Waals surface area contributed by atoms with Gasteiger partial charge in [0.1, 0.15) is 23.1 Å². The fourth-order valence-corrected chi connectivity index (χ4v) is 5.90. The topological polar surface area (TPSA) is 114 Å². The van der Waals surface area contributed by atoms with Crippen molar-refractivity contribution in [3.05, 3.63) is 126 Å². The van der Waals surface area contributed by atoms with Gasteiger partial charge >= 0.3 is 0 Å². The third-order valence-corrected chi connectivity index (χ3v) is 8.23. The molecule has 232 valence electrons. The second kappa shape index (κ2) is 13.9. The molecule has 2 N–H and O–H groups in total. The van der Waals surface area contributed by atoms with Crippen molar-refractivity contribution < 1.29 is 27.1 Å². The summed E-state index contributed by atoms with van der Waals surface area (Å²) in [6.07, 6.45) is 1.88. The summed E-state index contributed by atoms with van der Waals surface area (Å²) in [4.78, 5) is 18.4. The minimum atomic E-state index is -4.02. The maximum atomic E-state index is 15.6. The van der Waals surface area contributed by atoms with Crippen molar-refractivity contribution in [2.45, 2.75) is 44.6 Å². The third kappa shape index (κ3) is 7.30. The van der Waals surface area contributed by atoms with Crippen LogP contribution < -0.4 is 14.6 Å². The first-order valence-electron chi connectivity index (χ1n) is 14.7. The molecule has 0 aliphatic carbocycles. The Morgan fingerprint density at radius 1 is 0.911 bits per heavy atom. The van der Waals surface area contributed by atoms with Crippen LogP contribution >= 0.6 is 0 Å². The lowest BCUT2D eigenvalue weighted by Gasteiger charge is -2.15. The van der Waals surface area contributed by atoms with E-state index in [4.69, 9.17) is 19.6 Å². The van der Waals surface area contributed by atoms with Gasteiger partial charge in [-0.2, -0.15) is 0 Å². The van der Waals surface area contributed by atoms with Gasteiger partial charge in [0.05, 0.1) is 17.1 Å². The van der Waals surface area contributed by atoms with Gasteiger partial charge in [-0.3, -0.25) is 4.79 Å². The molecule has 5 rings (SSSR count). The van der Waals surface area contributed by atoms with Crippen LogP contribution in [-0.2, 0) is 29.4 Å². The minimum absolute atomic E-state index is 0.0556. The molecule has 4 aromatic carbocycles. The van der Waals surface area contributed by atoms with Crippen LogP contribution in [0.5, 0.6) is 17.2 Å². The highest BCUT2D eigenvalue weighted by molar-refractivity contribution is 7.89. The molecule has 1 aromatic heterocycles. The van der Waals surface area contributed by atoms with Gasteiger partial charge in [0, 0.05) is 17.5 Å². The van der Waals surface area contributed by atoms with E-state index in [-0.39, 0.29) is 23.8 Å². The van der Waals surface area contributed by atoms with Crippen LogP contribution in [0.3, 0.4) is 0 Å². The number of imidazole rings is 1. The number of aryl methyl sites for hydroxylation is 2. The molecule has 10 heteroatoms. The van der Waals surface area contributed by atoms with Gasteiger partial charge in [-0.05, 0) is 54.8 Å². The van der Waals surface area contributed by atoms with Crippen molar-refractivity contribution in [1.29, 1.82) is 0 Å². The highest BCUT2D eigenvalue weighted by Crippen LogP contribution is 2.32. The second-order valence-electron chi connectivity index (χ2n) is 10.4. The lowest BCUT2D eigenvalue weighted by molar-refractivity contribution is 0.0909. The van der Waals surface area contributed by atoms with Crippen LogP contribution in [0, 0.1) is 5.82 Å². The first-order chi connectivity index (χ1) is 21.7. The number of aromatic nitrogens is 2. The standard InChI is InChI=1S/C35H34FN3O5S/c1-3-12-34-38-29(4-2)35(30(40)23-43-31-16-9-10-17-32(31)44-26-13-6-5-7-14-26)39(34)22-25-20-19-24(21-28(25)36)27-15-8-11-18-33(27)45(37,41)42/h5-11,13-21H,3-4,12,22-23H2,1-2H3,(H2,37,41,42). The summed E-state index contributed by atoms with van der Waals surface area (Å²) in [5.74, 6) is 1.35. The van der Waals surface area contributed by atoms with Gasteiger partial charge in [0.25, 0.3) is 0 Å². The van der Waals surface area contributed by atoms with Crippen molar-refractivity contribution in [3.8, 4) is 28.4 Å². The van der Waals surface area contributed by atoms with E-state index in [0.29, 0.717) is 64.0 Å². The van der Waals surface area contributed by atoms with Gasteiger partial charge < -0.3 is 14.0 Å². The molecule has 1 heterocycles. The number of para-hydroxylation sites is 3. The molecule has 0 saturated carbocycles. The van der Waals surface area contributed by atoms with E-state index in [1.165, 1.54) is 12.1 Å². The van der Waals surface area contributed by atoms with E-state index < -0.39 is 15.8 Å². The quantitative estimate of drug-likeness (QED) is 0.141. The number of nitrogens with zero attached hydrogens (tertiary/aromatic N) is 2. The van der Waals surface area contributed by atoms with Crippen LogP contribution in [0.4, 0.5) is 4.39 Å². The summed E-state index contributed by atoms with van der Waals surface area (Å²) in [5.41, 5.74) is 1.97.